The van der Waals surface area contributed by atoms with Crippen molar-refractivity contribution in [2.24, 2.45) is 0 Å². The van der Waals surface area contributed by atoms with E-state index >= 15 is 0 Å². The van der Waals surface area contributed by atoms with Gasteiger partial charge in [0.2, 0.25) is 5.91 Å². The number of carbonyl (C=O) groups excluding carboxylic acids is 1. The third-order valence-electron chi connectivity index (χ3n) is 4.40. The van der Waals surface area contributed by atoms with Gasteiger partial charge in [-0.3, -0.25) is 14.2 Å². The molecule has 152 valence electrons. The fraction of sp³-hybridized carbons (Fsp3) is 0.333. The molecule has 0 unspecified atom stereocenters. The van der Waals surface area contributed by atoms with Crippen LogP contribution in [0.15, 0.2) is 29.3 Å². The van der Waals surface area contributed by atoms with E-state index in [0.717, 1.165) is 29.7 Å². The largest absolute Gasteiger partial charge is 0.495 e. The van der Waals surface area contributed by atoms with E-state index in [0.29, 0.717) is 26.8 Å². The monoisotopic (exact) mass is 451 g/mol. The van der Waals surface area contributed by atoms with Gasteiger partial charge >= 0.3 is 0 Å². The number of halogens is 1. The molecule has 0 saturated carbocycles. The topological polar surface area (TPSA) is 89.3 Å². The highest BCUT2D eigenvalue weighted by Crippen LogP contribution is 2.28. The number of rotatable bonds is 5. The fourth-order valence-corrected chi connectivity index (χ4v) is 5.12. The second-order valence-corrected chi connectivity index (χ2v) is 8.93. The first-order valence-electron chi connectivity index (χ1n) is 8.87. The molecule has 29 heavy (non-hydrogen) atoms. The molecular formula is C18H18ClN5O3S2. The molecule has 11 heteroatoms. The van der Waals surface area contributed by atoms with Gasteiger partial charge in [-0.2, -0.15) is 16.7 Å². The number of thioether (sulfide) groups is 1. The zero-order valence-corrected chi connectivity index (χ0v) is 17.9. The van der Waals surface area contributed by atoms with Gasteiger partial charge in [-0.25, -0.2) is 4.98 Å². The SMILES string of the molecule is COc1ccc(NC(=O)Cn2cnc3nc(N4CCSCC4)sc3c2=O)cc1Cl. The Bertz CT molecular complexity index is 1110. The number of amides is 1. The van der Waals surface area contributed by atoms with Crippen molar-refractivity contribution >= 4 is 61.8 Å². The summed E-state index contributed by atoms with van der Waals surface area (Å²) in [5, 5.41) is 3.92. The van der Waals surface area contributed by atoms with Crippen LogP contribution in [0.25, 0.3) is 10.3 Å². The Morgan fingerprint density at radius 1 is 1.34 bits per heavy atom. The van der Waals surface area contributed by atoms with E-state index in [-0.39, 0.29) is 18.0 Å². The number of hydrogen-bond donors (Lipinski definition) is 1. The Morgan fingerprint density at radius 3 is 2.86 bits per heavy atom. The van der Waals surface area contributed by atoms with Gasteiger partial charge < -0.3 is 15.0 Å². The van der Waals surface area contributed by atoms with Crippen molar-refractivity contribution in [3.63, 3.8) is 0 Å². The van der Waals surface area contributed by atoms with E-state index in [2.05, 4.69) is 20.2 Å². The summed E-state index contributed by atoms with van der Waals surface area (Å²) < 4.78 is 6.84. The Labute approximate surface area is 179 Å². The van der Waals surface area contributed by atoms with Crippen LogP contribution in [0.5, 0.6) is 5.75 Å². The van der Waals surface area contributed by atoms with E-state index < -0.39 is 0 Å². The first-order valence-corrected chi connectivity index (χ1v) is 11.2. The first-order chi connectivity index (χ1) is 14.0. The number of nitrogens with one attached hydrogen (secondary N) is 1. The molecule has 1 saturated heterocycles. The second-order valence-electron chi connectivity index (χ2n) is 6.32. The van der Waals surface area contributed by atoms with Gasteiger partial charge in [0.15, 0.2) is 10.8 Å². The van der Waals surface area contributed by atoms with Gasteiger partial charge in [-0.05, 0) is 18.2 Å². The number of methoxy groups -OCH3 is 1. The molecule has 0 spiro atoms. The van der Waals surface area contributed by atoms with Crippen molar-refractivity contribution in [3.05, 3.63) is 39.9 Å². The quantitative estimate of drug-likeness (QED) is 0.637. The smallest absolute Gasteiger partial charge is 0.273 e. The summed E-state index contributed by atoms with van der Waals surface area (Å²) in [4.78, 5) is 36.1. The van der Waals surface area contributed by atoms with Gasteiger partial charge in [0.05, 0.1) is 12.1 Å². The third-order valence-corrected chi connectivity index (χ3v) is 6.73. The molecule has 1 aromatic carbocycles. The lowest BCUT2D eigenvalue weighted by atomic mass is 10.3. The first kappa shape index (κ1) is 20.0. The van der Waals surface area contributed by atoms with Gasteiger partial charge in [-0.1, -0.05) is 22.9 Å². The van der Waals surface area contributed by atoms with E-state index in [9.17, 15) is 9.59 Å². The zero-order chi connectivity index (χ0) is 20.4. The number of fused-ring (bicyclic) bond motifs is 1. The molecule has 1 fully saturated rings. The molecule has 8 nitrogen and oxygen atoms in total. The van der Waals surface area contributed by atoms with Crippen molar-refractivity contribution in [2.75, 3.05) is 41.9 Å². The summed E-state index contributed by atoms with van der Waals surface area (Å²) in [6.07, 6.45) is 1.36. The number of ether oxygens (including phenoxy) is 1. The zero-order valence-electron chi connectivity index (χ0n) is 15.6. The molecule has 0 atom stereocenters. The average molecular weight is 452 g/mol. The van der Waals surface area contributed by atoms with Crippen LogP contribution in [0.3, 0.4) is 0 Å². The van der Waals surface area contributed by atoms with Crippen molar-refractivity contribution in [1.82, 2.24) is 14.5 Å². The lowest BCUT2D eigenvalue weighted by Gasteiger charge is -2.25. The third kappa shape index (κ3) is 4.34. The van der Waals surface area contributed by atoms with E-state index in [4.69, 9.17) is 16.3 Å². The van der Waals surface area contributed by atoms with Gasteiger partial charge in [-0.15, -0.1) is 0 Å². The van der Waals surface area contributed by atoms with Crippen LogP contribution in [-0.2, 0) is 11.3 Å². The molecule has 1 aliphatic rings. The summed E-state index contributed by atoms with van der Waals surface area (Å²) in [6.45, 7) is 1.66. The lowest BCUT2D eigenvalue weighted by molar-refractivity contribution is -0.116. The molecule has 0 bridgehead atoms. The number of nitrogens with zero attached hydrogens (tertiary/aromatic N) is 4. The van der Waals surface area contributed by atoms with E-state index in [1.165, 1.54) is 29.3 Å². The molecule has 1 N–H and O–H groups in total. The lowest BCUT2D eigenvalue weighted by Crippen LogP contribution is -2.32. The van der Waals surface area contributed by atoms with E-state index in [1.54, 1.807) is 18.2 Å². The Morgan fingerprint density at radius 2 is 2.14 bits per heavy atom. The van der Waals surface area contributed by atoms with Gasteiger partial charge in [0.1, 0.15) is 23.3 Å². The van der Waals surface area contributed by atoms with Crippen LogP contribution in [0.4, 0.5) is 10.8 Å². The predicted octanol–water partition coefficient (Wildman–Crippen LogP) is 2.71. The van der Waals surface area contributed by atoms with E-state index in [1.807, 2.05) is 11.8 Å². The van der Waals surface area contributed by atoms with Gasteiger partial charge in [0.25, 0.3) is 5.56 Å². The number of anilines is 2. The van der Waals surface area contributed by atoms with Crippen molar-refractivity contribution < 1.29 is 9.53 Å². The number of carbonyl (C=O) groups is 1. The summed E-state index contributed by atoms with van der Waals surface area (Å²) in [7, 11) is 1.52. The van der Waals surface area contributed by atoms with Crippen LogP contribution in [0, 0.1) is 0 Å². The molecule has 2 aromatic heterocycles. The number of benzene rings is 1. The minimum absolute atomic E-state index is 0.154. The Balaban J connectivity index is 1.51. The summed E-state index contributed by atoms with van der Waals surface area (Å²) in [6, 6.07) is 4.93. The molecule has 1 amide bonds. The maximum atomic E-state index is 12.8. The van der Waals surface area contributed by atoms with Crippen LogP contribution in [0.1, 0.15) is 0 Å². The van der Waals surface area contributed by atoms with Crippen LogP contribution in [0.2, 0.25) is 5.02 Å². The van der Waals surface area contributed by atoms with Crippen molar-refractivity contribution in [3.8, 4) is 5.75 Å². The van der Waals surface area contributed by atoms with Crippen molar-refractivity contribution in [1.29, 1.82) is 0 Å². The average Bonchev–Trinajstić information content (AvgIpc) is 3.16. The van der Waals surface area contributed by atoms with Crippen LogP contribution >= 0.6 is 34.7 Å². The second kappa shape index (κ2) is 8.60. The van der Waals surface area contributed by atoms with Gasteiger partial charge in [0, 0.05) is 30.3 Å². The Kier molecular flexibility index (Phi) is 5.93. The number of hydrogen-bond acceptors (Lipinski definition) is 8. The number of thiazole rings is 1. The van der Waals surface area contributed by atoms with Crippen LogP contribution in [-0.4, -0.2) is 52.1 Å². The molecule has 0 aliphatic carbocycles. The normalized spacial score (nSPS) is 14.2. The molecule has 1 aliphatic heterocycles. The Hall–Kier alpha value is -2.30. The highest BCUT2D eigenvalue weighted by molar-refractivity contribution is 7.99. The maximum Gasteiger partial charge on any atom is 0.273 e. The highest BCUT2D eigenvalue weighted by Gasteiger charge is 2.18. The van der Waals surface area contributed by atoms with Crippen molar-refractivity contribution in [2.45, 2.75) is 6.54 Å². The summed E-state index contributed by atoms with van der Waals surface area (Å²) in [5.74, 6) is 2.25. The maximum absolute atomic E-state index is 12.8. The molecule has 3 heterocycles. The summed E-state index contributed by atoms with van der Waals surface area (Å²) in [5.41, 5.74) is 0.672. The number of aromatic nitrogens is 3. The minimum atomic E-state index is -0.354. The fourth-order valence-electron chi connectivity index (χ4n) is 2.94. The van der Waals surface area contributed by atoms with Crippen LogP contribution < -0.4 is 20.5 Å². The molecular weight excluding hydrogens is 434 g/mol. The molecule has 4 rings (SSSR count). The summed E-state index contributed by atoms with van der Waals surface area (Å²) >= 11 is 9.32. The highest BCUT2D eigenvalue weighted by atomic mass is 35.5. The minimum Gasteiger partial charge on any atom is -0.495 e. The predicted molar refractivity (Wildman–Crippen MR) is 118 cm³/mol. The standard InChI is InChI=1S/C18H18ClN5O3S2/c1-27-13-3-2-11(8-12(13)19)21-14(25)9-24-10-20-16-15(17(24)26)29-18(22-16)23-4-6-28-7-5-23/h2-3,8,10H,4-7,9H2,1H3,(H,21,25). The molecule has 0 radical (unpaired) electrons. The molecule has 3 aromatic rings.